The summed E-state index contributed by atoms with van der Waals surface area (Å²) in [7, 11) is 3.06. The number of carboxylic acid groups (broad SMARTS) is 1. The molecule has 2 unspecified atom stereocenters. The van der Waals surface area contributed by atoms with Gasteiger partial charge in [0.05, 0.1) is 19.9 Å². The van der Waals surface area contributed by atoms with Gasteiger partial charge in [0.25, 0.3) is 0 Å². The molecule has 0 aliphatic heterocycles. The third kappa shape index (κ3) is 2.81. The highest BCUT2D eigenvalue weighted by Crippen LogP contribution is 2.56. The van der Waals surface area contributed by atoms with E-state index in [1.54, 1.807) is 32.2 Å². The van der Waals surface area contributed by atoms with Crippen LogP contribution in [0, 0.1) is 16.7 Å². The van der Waals surface area contributed by atoms with Crippen LogP contribution >= 0.6 is 0 Å². The number of aliphatic carboxylic acids is 1. The SMILES string of the molecule is COc1ccc(OC)c(NC(=O)C2CCC(C)(C(=O)[O-])C2(C)C)c1. The Morgan fingerprint density at radius 1 is 1.21 bits per heavy atom. The van der Waals surface area contributed by atoms with Crippen LogP contribution in [0.5, 0.6) is 11.5 Å². The van der Waals surface area contributed by atoms with Gasteiger partial charge in [0, 0.05) is 23.4 Å². The Hall–Kier alpha value is -2.24. The van der Waals surface area contributed by atoms with Crippen LogP contribution in [-0.2, 0) is 9.59 Å². The van der Waals surface area contributed by atoms with E-state index in [-0.39, 0.29) is 5.91 Å². The second kappa shape index (κ2) is 6.34. The summed E-state index contributed by atoms with van der Waals surface area (Å²) in [4.78, 5) is 24.4. The van der Waals surface area contributed by atoms with E-state index in [1.807, 2.05) is 13.8 Å². The van der Waals surface area contributed by atoms with Crippen molar-refractivity contribution in [2.24, 2.45) is 16.7 Å². The van der Waals surface area contributed by atoms with Crippen molar-refractivity contribution in [2.75, 3.05) is 19.5 Å². The van der Waals surface area contributed by atoms with Crippen LogP contribution in [0.15, 0.2) is 18.2 Å². The fraction of sp³-hybridized carbons (Fsp3) is 0.556. The van der Waals surface area contributed by atoms with Crippen molar-refractivity contribution in [2.45, 2.75) is 33.6 Å². The summed E-state index contributed by atoms with van der Waals surface area (Å²) in [5, 5.41) is 14.4. The van der Waals surface area contributed by atoms with Crippen molar-refractivity contribution in [3.8, 4) is 11.5 Å². The predicted molar refractivity (Wildman–Crippen MR) is 87.8 cm³/mol. The molecular formula is C18H24NO5-. The number of amides is 1. The molecule has 24 heavy (non-hydrogen) atoms. The number of hydrogen-bond donors (Lipinski definition) is 1. The Kier molecular flexibility index (Phi) is 4.78. The number of ether oxygens (including phenoxy) is 2. The van der Waals surface area contributed by atoms with Gasteiger partial charge < -0.3 is 24.7 Å². The molecule has 132 valence electrons. The van der Waals surface area contributed by atoms with Crippen LogP contribution in [0.2, 0.25) is 0 Å². The fourth-order valence-electron chi connectivity index (χ4n) is 3.46. The molecule has 0 heterocycles. The molecule has 1 aromatic carbocycles. The monoisotopic (exact) mass is 334 g/mol. The lowest BCUT2D eigenvalue weighted by atomic mass is 9.65. The van der Waals surface area contributed by atoms with E-state index in [1.165, 1.54) is 7.11 Å². The highest BCUT2D eigenvalue weighted by molar-refractivity contribution is 5.95. The quantitative estimate of drug-likeness (QED) is 0.887. The molecule has 2 atom stereocenters. The van der Waals surface area contributed by atoms with Gasteiger partial charge in [0.15, 0.2) is 0 Å². The second-order valence-corrected chi connectivity index (χ2v) is 6.99. The average Bonchev–Trinajstić information content (AvgIpc) is 2.78. The molecule has 1 saturated carbocycles. The minimum Gasteiger partial charge on any atom is -0.550 e. The minimum atomic E-state index is -1.11. The molecule has 6 heteroatoms. The number of benzene rings is 1. The number of methoxy groups -OCH3 is 2. The maximum Gasteiger partial charge on any atom is 0.228 e. The zero-order chi connectivity index (χ0) is 18.1. The van der Waals surface area contributed by atoms with Crippen molar-refractivity contribution < 1.29 is 24.2 Å². The standard InChI is InChI=1S/C18H25NO5/c1-17(2)12(8-9-18(17,3)16(21)22)15(20)19-13-10-11(23-4)6-7-14(13)24-5/h6-7,10,12H,8-9H2,1-5H3,(H,19,20)(H,21,22)/p-1. The van der Waals surface area contributed by atoms with Crippen molar-refractivity contribution in [3.63, 3.8) is 0 Å². The molecule has 1 aliphatic carbocycles. The van der Waals surface area contributed by atoms with E-state index in [9.17, 15) is 14.7 Å². The van der Waals surface area contributed by atoms with Gasteiger partial charge in [-0.15, -0.1) is 0 Å². The Morgan fingerprint density at radius 2 is 1.88 bits per heavy atom. The van der Waals surface area contributed by atoms with Crippen LogP contribution in [0.4, 0.5) is 5.69 Å². The Morgan fingerprint density at radius 3 is 2.38 bits per heavy atom. The number of carbonyl (C=O) groups excluding carboxylic acids is 2. The number of carbonyl (C=O) groups is 2. The molecule has 0 aromatic heterocycles. The molecule has 1 N–H and O–H groups in total. The molecule has 0 bridgehead atoms. The molecule has 2 rings (SSSR count). The summed E-state index contributed by atoms with van der Waals surface area (Å²) in [6, 6.07) is 5.12. The first-order chi connectivity index (χ1) is 11.2. The first-order valence-electron chi connectivity index (χ1n) is 7.91. The van der Waals surface area contributed by atoms with Crippen LogP contribution in [0.25, 0.3) is 0 Å². The van der Waals surface area contributed by atoms with E-state index >= 15 is 0 Å². The number of hydrogen-bond acceptors (Lipinski definition) is 5. The molecular weight excluding hydrogens is 310 g/mol. The number of nitrogens with one attached hydrogen (secondary N) is 1. The molecule has 0 radical (unpaired) electrons. The molecule has 1 amide bonds. The topological polar surface area (TPSA) is 87.7 Å². The van der Waals surface area contributed by atoms with Crippen LogP contribution in [0.1, 0.15) is 33.6 Å². The number of rotatable bonds is 5. The molecule has 0 saturated heterocycles. The minimum absolute atomic E-state index is 0.225. The van der Waals surface area contributed by atoms with Gasteiger partial charge in [-0.2, -0.15) is 0 Å². The Bertz CT molecular complexity index is 655. The molecule has 1 aliphatic rings. The van der Waals surface area contributed by atoms with E-state index in [2.05, 4.69) is 5.32 Å². The normalized spacial score (nSPS) is 25.1. The van der Waals surface area contributed by atoms with Gasteiger partial charge >= 0.3 is 0 Å². The maximum absolute atomic E-state index is 12.8. The van der Waals surface area contributed by atoms with Crippen molar-refractivity contribution in [1.29, 1.82) is 0 Å². The molecule has 6 nitrogen and oxygen atoms in total. The van der Waals surface area contributed by atoms with Gasteiger partial charge in [-0.25, -0.2) is 0 Å². The Labute approximate surface area is 142 Å². The van der Waals surface area contributed by atoms with E-state index < -0.39 is 22.7 Å². The lowest BCUT2D eigenvalue weighted by Crippen LogP contribution is -2.49. The highest BCUT2D eigenvalue weighted by atomic mass is 16.5. The Balaban J connectivity index is 2.27. The predicted octanol–water partition coefficient (Wildman–Crippen LogP) is 1.83. The lowest BCUT2D eigenvalue weighted by Gasteiger charge is -2.41. The van der Waals surface area contributed by atoms with Gasteiger partial charge in [-0.3, -0.25) is 4.79 Å². The number of anilines is 1. The maximum atomic E-state index is 12.8. The van der Waals surface area contributed by atoms with E-state index in [0.717, 1.165) is 0 Å². The molecule has 0 spiro atoms. The first-order valence-corrected chi connectivity index (χ1v) is 7.91. The van der Waals surface area contributed by atoms with Crippen LogP contribution in [0.3, 0.4) is 0 Å². The molecule has 1 aromatic rings. The lowest BCUT2D eigenvalue weighted by molar-refractivity contribution is -0.323. The van der Waals surface area contributed by atoms with Crippen LogP contribution in [-0.4, -0.2) is 26.1 Å². The van der Waals surface area contributed by atoms with Gasteiger partial charge in [0.1, 0.15) is 11.5 Å². The zero-order valence-corrected chi connectivity index (χ0v) is 14.8. The molecule has 1 fully saturated rings. The third-order valence-electron chi connectivity index (χ3n) is 5.66. The zero-order valence-electron chi connectivity index (χ0n) is 14.8. The van der Waals surface area contributed by atoms with Crippen LogP contribution < -0.4 is 19.9 Å². The fourth-order valence-corrected chi connectivity index (χ4v) is 3.46. The number of carboxylic acids is 1. The van der Waals surface area contributed by atoms with Gasteiger partial charge in [0.2, 0.25) is 5.91 Å². The highest BCUT2D eigenvalue weighted by Gasteiger charge is 2.54. The summed E-state index contributed by atoms with van der Waals surface area (Å²) >= 11 is 0. The largest absolute Gasteiger partial charge is 0.550 e. The van der Waals surface area contributed by atoms with Gasteiger partial charge in [-0.1, -0.05) is 20.8 Å². The van der Waals surface area contributed by atoms with E-state index in [0.29, 0.717) is 30.0 Å². The third-order valence-corrected chi connectivity index (χ3v) is 5.66. The second-order valence-electron chi connectivity index (χ2n) is 6.99. The first kappa shape index (κ1) is 18.1. The summed E-state index contributed by atoms with van der Waals surface area (Å²) in [6.45, 7) is 5.27. The van der Waals surface area contributed by atoms with Crippen molar-refractivity contribution in [3.05, 3.63) is 18.2 Å². The summed E-state index contributed by atoms with van der Waals surface area (Å²) < 4.78 is 10.4. The van der Waals surface area contributed by atoms with Crippen molar-refractivity contribution >= 4 is 17.6 Å². The van der Waals surface area contributed by atoms with E-state index in [4.69, 9.17) is 9.47 Å². The summed E-state index contributed by atoms with van der Waals surface area (Å²) in [5.41, 5.74) is -1.25. The summed E-state index contributed by atoms with van der Waals surface area (Å²) in [6.07, 6.45) is 0.908. The summed E-state index contributed by atoms with van der Waals surface area (Å²) in [5.74, 6) is -0.659. The average molecular weight is 334 g/mol. The smallest absolute Gasteiger partial charge is 0.228 e. The van der Waals surface area contributed by atoms with Gasteiger partial charge in [-0.05, 0) is 30.4 Å². The van der Waals surface area contributed by atoms with Crippen molar-refractivity contribution in [1.82, 2.24) is 0 Å².